The van der Waals surface area contributed by atoms with E-state index in [4.69, 9.17) is 39.9 Å². The van der Waals surface area contributed by atoms with Gasteiger partial charge in [0.2, 0.25) is 17.8 Å². The predicted molar refractivity (Wildman–Crippen MR) is 507 cm³/mol. The van der Waals surface area contributed by atoms with Gasteiger partial charge in [-0.15, -0.1) is 0 Å². The van der Waals surface area contributed by atoms with E-state index < -0.39 is 0 Å². The fourth-order valence-corrected chi connectivity index (χ4v) is 17.7. The van der Waals surface area contributed by atoms with Gasteiger partial charge in [0.05, 0.1) is 84.0 Å². The minimum absolute atomic E-state index is 0.632. The predicted octanol–water partition coefficient (Wildman–Crippen LogP) is 27.6. The molecule has 580 valence electrons. The SMILES string of the molecule is c1ccc(-c2cc(-c3ccccc3)nc(-n3c4ccccc4c4cc(-c5ccc6c(c5)c5ccccc5n6-c5nc(-c6ccccc6)cc(-c6ccccc6)n5)ccc43)n2)cc1.c1ccc(-c2cc(-n3c4ccccc4c4cc(-c5ccc6c(c5)c5ccccc5n6-c5nc(-c6ccccc6)cc(-c6ccccc6)n5)ccc43)nc(-c3ccccc3)n2)cc1. The maximum atomic E-state index is 5.23. The van der Waals surface area contributed by atoms with Crippen molar-refractivity contribution in [3.05, 3.63) is 437 Å². The first-order chi connectivity index (χ1) is 61.5. The molecule has 0 N–H and O–H groups in total. The summed E-state index contributed by atoms with van der Waals surface area (Å²) in [6.45, 7) is 0. The average molecular weight is 1590 g/mol. The molecule has 0 saturated carbocycles. The topological polar surface area (TPSA) is 123 Å². The van der Waals surface area contributed by atoms with E-state index in [0.29, 0.717) is 23.7 Å². The molecule has 0 aliphatic heterocycles. The van der Waals surface area contributed by atoms with Gasteiger partial charge in [0.25, 0.3) is 0 Å². The standard InChI is InChI=1S/2C56H36N6/c1-5-17-37(18-6-1)47-35-48(38-19-7-2-8-20-38)58-55(57-47)61-51-27-15-13-25-43(51)45-33-41(29-31-53(45)61)42-30-32-54-46(34-42)44-26-14-16-28-52(44)62(54)56-59-49(39-21-9-3-10-22-39)36-50(60-56)40-23-11-4-12-24-40;1-5-17-37(18-6-1)47-35-48(38-19-7-2-8-20-38)59-56(58-47)62-51-28-16-14-26-44(51)46-34-42(30-32-53(46)62)41-29-31-52-45(33-41)43-25-13-15-27-50(43)61(52)54-36-49(39-21-9-3-10-22-39)57-55(60-54)40-23-11-4-12-24-40/h2*1-36H. The molecule has 0 aliphatic carbocycles. The molecule has 0 aliphatic rings. The summed E-state index contributed by atoms with van der Waals surface area (Å²) in [5, 5.41) is 9.14. The van der Waals surface area contributed by atoms with Crippen LogP contribution in [0.2, 0.25) is 0 Å². The van der Waals surface area contributed by atoms with Crippen LogP contribution in [0.15, 0.2) is 437 Å². The Morgan fingerprint density at radius 3 is 0.589 bits per heavy atom. The summed E-state index contributed by atoms with van der Waals surface area (Å²) in [7, 11) is 0. The van der Waals surface area contributed by atoms with Crippen molar-refractivity contribution in [2.45, 2.75) is 0 Å². The molecule has 0 amide bonds. The zero-order valence-electron chi connectivity index (χ0n) is 66.9. The first-order valence-electron chi connectivity index (χ1n) is 41.6. The van der Waals surface area contributed by atoms with Crippen molar-refractivity contribution >= 4 is 87.2 Å². The summed E-state index contributed by atoms with van der Waals surface area (Å²) in [5.74, 6) is 3.40. The summed E-state index contributed by atoms with van der Waals surface area (Å²) >= 11 is 0. The molecule has 12 heteroatoms. The van der Waals surface area contributed by atoms with Crippen molar-refractivity contribution in [3.63, 3.8) is 0 Å². The molecule has 0 atom stereocenters. The normalized spacial score (nSPS) is 11.5. The third-order valence-electron chi connectivity index (χ3n) is 23.6. The second kappa shape index (κ2) is 30.8. The van der Waals surface area contributed by atoms with E-state index in [-0.39, 0.29) is 0 Å². The summed E-state index contributed by atoms with van der Waals surface area (Å²) in [5.41, 5.74) is 27.3. The van der Waals surface area contributed by atoms with Gasteiger partial charge in [-0.05, 0) is 113 Å². The minimum atomic E-state index is 0.632. The molecule has 0 spiro atoms. The van der Waals surface area contributed by atoms with Crippen LogP contribution in [-0.4, -0.2) is 58.1 Å². The van der Waals surface area contributed by atoms with Crippen molar-refractivity contribution in [1.29, 1.82) is 0 Å². The lowest BCUT2D eigenvalue weighted by Crippen LogP contribution is -2.04. The fourth-order valence-electron chi connectivity index (χ4n) is 17.7. The lowest BCUT2D eigenvalue weighted by atomic mass is 10.0. The van der Waals surface area contributed by atoms with Crippen molar-refractivity contribution < 1.29 is 0 Å². The maximum Gasteiger partial charge on any atom is 0.235 e. The Balaban J connectivity index is 0.000000143. The molecule has 16 aromatic carbocycles. The van der Waals surface area contributed by atoms with Crippen LogP contribution in [0.5, 0.6) is 0 Å². The summed E-state index contributed by atoms with van der Waals surface area (Å²) in [6.07, 6.45) is 0. The fraction of sp³-hybridized carbons (Fsp3) is 0. The molecule has 24 aromatic rings. The molecule has 0 radical (unpaired) electrons. The number of fused-ring (bicyclic) bond motifs is 12. The molecule has 8 heterocycles. The molecule has 8 aromatic heterocycles. The molecule has 124 heavy (non-hydrogen) atoms. The van der Waals surface area contributed by atoms with E-state index in [1.165, 1.54) is 0 Å². The third kappa shape index (κ3) is 13.1. The van der Waals surface area contributed by atoms with E-state index in [9.17, 15) is 0 Å². The Morgan fingerprint density at radius 1 is 0.129 bits per heavy atom. The van der Waals surface area contributed by atoms with Gasteiger partial charge in [0.15, 0.2) is 5.82 Å². The summed E-state index contributed by atoms with van der Waals surface area (Å²) in [4.78, 5) is 41.7. The van der Waals surface area contributed by atoms with Crippen LogP contribution >= 0.6 is 0 Å². The summed E-state index contributed by atoms with van der Waals surface area (Å²) < 4.78 is 8.90. The van der Waals surface area contributed by atoms with E-state index in [0.717, 1.165) is 200 Å². The summed E-state index contributed by atoms with van der Waals surface area (Å²) in [6, 6.07) is 152. The highest BCUT2D eigenvalue weighted by Gasteiger charge is 2.25. The largest absolute Gasteiger partial charge is 0.294 e. The van der Waals surface area contributed by atoms with Crippen molar-refractivity contribution in [2.75, 3.05) is 0 Å². The zero-order valence-corrected chi connectivity index (χ0v) is 66.9. The van der Waals surface area contributed by atoms with Gasteiger partial charge in [-0.2, -0.15) is 0 Å². The number of para-hydroxylation sites is 4. The van der Waals surface area contributed by atoms with Gasteiger partial charge < -0.3 is 0 Å². The molecule has 0 unspecified atom stereocenters. The van der Waals surface area contributed by atoms with Crippen LogP contribution in [-0.2, 0) is 0 Å². The molecule has 0 fully saturated rings. The molecular weight excluding hydrogens is 1510 g/mol. The number of aromatic nitrogens is 12. The van der Waals surface area contributed by atoms with Crippen LogP contribution in [0.1, 0.15) is 0 Å². The smallest absolute Gasteiger partial charge is 0.235 e. The number of rotatable bonds is 14. The van der Waals surface area contributed by atoms with Gasteiger partial charge in [0.1, 0.15) is 5.82 Å². The third-order valence-corrected chi connectivity index (χ3v) is 23.6. The lowest BCUT2D eigenvalue weighted by molar-refractivity contribution is 0.995. The first-order valence-corrected chi connectivity index (χ1v) is 41.6. The van der Waals surface area contributed by atoms with Crippen molar-refractivity contribution in [2.24, 2.45) is 0 Å². The average Bonchev–Trinajstić information content (AvgIpc) is 1.60. The monoisotopic (exact) mass is 1580 g/mol. The quantitative estimate of drug-likeness (QED) is 0.105. The van der Waals surface area contributed by atoms with Crippen LogP contribution < -0.4 is 0 Å². The lowest BCUT2D eigenvalue weighted by Gasteiger charge is -2.12. The minimum Gasteiger partial charge on any atom is -0.294 e. The van der Waals surface area contributed by atoms with Crippen LogP contribution in [0.4, 0.5) is 0 Å². The maximum absolute atomic E-state index is 5.23. The highest BCUT2D eigenvalue weighted by atomic mass is 15.2. The number of hydrogen-bond donors (Lipinski definition) is 0. The van der Waals surface area contributed by atoms with Gasteiger partial charge in [-0.3, -0.25) is 18.3 Å². The van der Waals surface area contributed by atoms with E-state index in [2.05, 4.69) is 394 Å². The molecule has 0 bridgehead atoms. The second-order valence-electron chi connectivity index (χ2n) is 31.0. The zero-order chi connectivity index (χ0) is 82.0. The van der Waals surface area contributed by atoms with Crippen LogP contribution in [0, 0.1) is 0 Å². The Hall–Kier alpha value is -17.0. The van der Waals surface area contributed by atoms with Crippen molar-refractivity contribution in [3.8, 4) is 136 Å². The molecule has 12 nitrogen and oxygen atoms in total. The Labute approximate surface area is 713 Å². The Kier molecular flexibility index (Phi) is 17.9. The van der Waals surface area contributed by atoms with Gasteiger partial charge in [-0.1, -0.05) is 340 Å². The molecule has 0 saturated heterocycles. The van der Waals surface area contributed by atoms with Crippen LogP contribution in [0.3, 0.4) is 0 Å². The number of hydrogen-bond acceptors (Lipinski definition) is 8. The second-order valence-corrected chi connectivity index (χ2v) is 31.0. The first kappa shape index (κ1) is 72.3. The van der Waals surface area contributed by atoms with Gasteiger partial charge in [-0.25, -0.2) is 39.9 Å². The Bertz CT molecular complexity index is 7000. The highest BCUT2D eigenvalue weighted by Crippen LogP contribution is 2.43. The van der Waals surface area contributed by atoms with Gasteiger partial charge in [0, 0.05) is 93.7 Å². The van der Waals surface area contributed by atoms with E-state index in [1.807, 2.05) is 60.7 Å². The van der Waals surface area contributed by atoms with Gasteiger partial charge >= 0.3 is 0 Å². The van der Waals surface area contributed by atoms with E-state index >= 15 is 0 Å². The molecular formula is C112H72N12. The van der Waals surface area contributed by atoms with Crippen molar-refractivity contribution in [1.82, 2.24) is 58.1 Å². The number of benzene rings is 16. The Morgan fingerprint density at radius 2 is 0.331 bits per heavy atom. The highest BCUT2D eigenvalue weighted by molar-refractivity contribution is 6.15. The van der Waals surface area contributed by atoms with Crippen LogP contribution in [0.25, 0.3) is 223 Å². The number of nitrogens with zero attached hydrogens (tertiary/aromatic N) is 12. The van der Waals surface area contributed by atoms with E-state index in [1.54, 1.807) is 0 Å². The molecule has 24 rings (SSSR count).